The second-order valence-corrected chi connectivity index (χ2v) is 8.23. The van der Waals surface area contributed by atoms with E-state index in [0.29, 0.717) is 17.3 Å². The zero-order valence-corrected chi connectivity index (χ0v) is 18.8. The third kappa shape index (κ3) is 4.55. The first-order valence-corrected chi connectivity index (χ1v) is 10.7. The number of aryl methyl sites for hydroxylation is 1. The first-order valence-electron chi connectivity index (χ1n) is 9.97. The summed E-state index contributed by atoms with van der Waals surface area (Å²) in [5.74, 6) is -0.549. The molecule has 6 heteroatoms. The summed E-state index contributed by atoms with van der Waals surface area (Å²) in [5, 5.41) is 13.8. The fourth-order valence-corrected chi connectivity index (χ4v) is 3.97. The highest BCUT2D eigenvalue weighted by atomic mass is 35.5. The number of aromatic nitrogens is 1. The normalized spacial score (nSPS) is 11.4. The molecule has 0 spiro atoms. The van der Waals surface area contributed by atoms with Gasteiger partial charge in [-0.2, -0.15) is 5.26 Å². The van der Waals surface area contributed by atoms with E-state index in [1.165, 1.54) is 11.1 Å². The van der Waals surface area contributed by atoms with Crippen molar-refractivity contribution in [1.82, 2.24) is 4.57 Å². The molecule has 0 aliphatic carbocycles. The number of amides is 1. The highest BCUT2D eigenvalue weighted by Gasteiger charge is 2.15. The Hall–Kier alpha value is -3.52. The Morgan fingerprint density at radius 2 is 1.88 bits per heavy atom. The molecule has 4 rings (SSSR count). The minimum absolute atomic E-state index is 0.0282. The van der Waals surface area contributed by atoms with Crippen molar-refractivity contribution in [1.29, 1.82) is 5.26 Å². The van der Waals surface area contributed by atoms with E-state index in [1.54, 1.807) is 24.3 Å². The summed E-state index contributed by atoms with van der Waals surface area (Å²) >= 11 is 12.2. The van der Waals surface area contributed by atoms with Gasteiger partial charge in [0.1, 0.15) is 11.6 Å². The van der Waals surface area contributed by atoms with E-state index in [0.717, 1.165) is 16.5 Å². The van der Waals surface area contributed by atoms with E-state index in [-0.39, 0.29) is 10.6 Å². The molecule has 4 nitrogen and oxygen atoms in total. The molecule has 0 saturated carbocycles. The number of fused-ring (bicyclic) bond motifs is 1. The fraction of sp³-hybridized carbons (Fsp3) is 0.0769. The van der Waals surface area contributed by atoms with Crippen molar-refractivity contribution in [3.05, 3.63) is 105 Å². The molecule has 0 radical (unpaired) electrons. The number of para-hydroxylation sites is 1. The first-order chi connectivity index (χ1) is 15.5. The van der Waals surface area contributed by atoms with E-state index >= 15 is 0 Å². The number of hydrogen-bond donors (Lipinski definition) is 1. The average molecular weight is 460 g/mol. The van der Waals surface area contributed by atoms with Crippen LogP contribution in [0.5, 0.6) is 0 Å². The average Bonchev–Trinajstić information content (AvgIpc) is 3.12. The Bertz CT molecular complexity index is 1400. The highest BCUT2D eigenvalue weighted by Crippen LogP contribution is 2.30. The summed E-state index contributed by atoms with van der Waals surface area (Å²) in [6, 6.07) is 23.2. The predicted octanol–water partition coefficient (Wildman–Crippen LogP) is 6.85. The van der Waals surface area contributed by atoms with Gasteiger partial charge in [-0.25, -0.2) is 0 Å². The van der Waals surface area contributed by atoms with Gasteiger partial charge in [-0.15, -0.1) is 0 Å². The Morgan fingerprint density at radius 1 is 1.09 bits per heavy atom. The highest BCUT2D eigenvalue weighted by molar-refractivity contribution is 6.44. The van der Waals surface area contributed by atoms with E-state index < -0.39 is 5.91 Å². The summed E-state index contributed by atoms with van der Waals surface area (Å²) in [6.45, 7) is 2.75. The molecule has 158 valence electrons. The van der Waals surface area contributed by atoms with Crippen molar-refractivity contribution in [2.45, 2.75) is 13.5 Å². The number of halogens is 2. The maximum Gasteiger partial charge on any atom is 0.266 e. The molecule has 1 amide bonds. The third-order valence-corrected chi connectivity index (χ3v) is 5.94. The van der Waals surface area contributed by atoms with Crippen LogP contribution in [-0.4, -0.2) is 10.5 Å². The van der Waals surface area contributed by atoms with Gasteiger partial charge in [0, 0.05) is 29.2 Å². The number of anilines is 1. The van der Waals surface area contributed by atoms with Crippen LogP contribution in [0.25, 0.3) is 17.0 Å². The summed E-state index contributed by atoms with van der Waals surface area (Å²) in [5.41, 5.74) is 4.51. The Kier molecular flexibility index (Phi) is 6.32. The molecule has 0 fully saturated rings. The van der Waals surface area contributed by atoms with Crippen molar-refractivity contribution in [2.24, 2.45) is 0 Å². The first kappa shape index (κ1) is 21.7. The molecule has 0 unspecified atom stereocenters. The van der Waals surface area contributed by atoms with Gasteiger partial charge in [0.15, 0.2) is 0 Å². The lowest BCUT2D eigenvalue weighted by molar-refractivity contribution is -0.112. The summed E-state index contributed by atoms with van der Waals surface area (Å²) in [6.07, 6.45) is 3.56. The number of carbonyl (C=O) groups is 1. The monoisotopic (exact) mass is 459 g/mol. The Balaban J connectivity index is 1.69. The van der Waals surface area contributed by atoms with Crippen LogP contribution in [0.1, 0.15) is 16.7 Å². The minimum Gasteiger partial charge on any atom is -0.342 e. The van der Waals surface area contributed by atoms with Crippen LogP contribution in [0.2, 0.25) is 10.0 Å². The molecule has 1 N–H and O–H groups in total. The molecular weight excluding hydrogens is 441 g/mol. The number of nitrogens with zero attached hydrogens (tertiary/aromatic N) is 2. The molecule has 1 aromatic heterocycles. The van der Waals surface area contributed by atoms with Crippen LogP contribution < -0.4 is 5.32 Å². The van der Waals surface area contributed by atoms with Gasteiger partial charge in [-0.1, -0.05) is 77.3 Å². The van der Waals surface area contributed by atoms with Crippen molar-refractivity contribution in [3.8, 4) is 6.07 Å². The number of nitriles is 1. The second-order valence-electron chi connectivity index (χ2n) is 7.44. The summed E-state index contributed by atoms with van der Waals surface area (Å²) in [4.78, 5) is 12.8. The Labute approximate surface area is 196 Å². The van der Waals surface area contributed by atoms with Crippen molar-refractivity contribution in [2.75, 3.05) is 5.32 Å². The number of nitrogens with one attached hydrogen (secondary N) is 1. The Morgan fingerprint density at radius 3 is 2.66 bits per heavy atom. The lowest BCUT2D eigenvalue weighted by Gasteiger charge is -2.07. The molecule has 4 aromatic rings. The lowest BCUT2D eigenvalue weighted by Crippen LogP contribution is -2.13. The van der Waals surface area contributed by atoms with Crippen LogP contribution in [0.15, 0.2) is 78.5 Å². The van der Waals surface area contributed by atoms with Gasteiger partial charge >= 0.3 is 0 Å². The third-order valence-electron chi connectivity index (χ3n) is 5.12. The lowest BCUT2D eigenvalue weighted by atomic mass is 10.1. The summed E-state index contributed by atoms with van der Waals surface area (Å²) in [7, 11) is 0. The standard InChI is InChI=1S/C26H19Cl2N3O/c1-17-6-4-7-18(12-17)15-31-16-20(21-8-2-3-11-24(21)31)13-19(14-29)26(32)30-23-10-5-9-22(27)25(23)28/h2-13,16H,15H2,1H3,(H,30,32)/b19-13-. The van der Waals surface area contributed by atoms with Gasteiger partial charge < -0.3 is 9.88 Å². The maximum absolute atomic E-state index is 12.8. The number of benzene rings is 3. The van der Waals surface area contributed by atoms with Crippen LogP contribution >= 0.6 is 23.2 Å². The number of rotatable bonds is 5. The van der Waals surface area contributed by atoms with E-state index in [4.69, 9.17) is 23.2 Å². The maximum atomic E-state index is 12.8. The zero-order valence-electron chi connectivity index (χ0n) is 17.3. The van der Waals surface area contributed by atoms with Crippen LogP contribution in [0, 0.1) is 18.3 Å². The van der Waals surface area contributed by atoms with Gasteiger partial charge in [0.2, 0.25) is 0 Å². The van der Waals surface area contributed by atoms with E-state index in [9.17, 15) is 10.1 Å². The molecule has 32 heavy (non-hydrogen) atoms. The minimum atomic E-state index is -0.549. The molecule has 0 aliphatic rings. The molecule has 0 saturated heterocycles. The molecule has 3 aromatic carbocycles. The molecule has 0 aliphatic heterocycles. The molecule has 0 bridgehead atoms. The van der Waals surface area contributed by atoms with Crippen molar-refractivity contribution >= 4 is 51.8 Å². The van der Waals surface area contributed by atoms with Gasteiger partial charge in [-0.05, 0) is 36.8 Å². The topological polar surface area (TPSA) is 57.8 Å². The number of carbonyl (C=O) groups excluding carboxylic acids is 1. The predicted molar refractivity (Wildman–Crippen MR) is 131 cm³/mol. The zero-order chi connectivity index (χ0) is 22.7. The van der Waals surface area contributed by atoms with E-state index in [1.807, 2.05) is 42.6 Å². The van der Waals surface area contributed by atoms with Crippen molar-refractivity contribution in [3.63, 3.8) is 0 Å². The largest absolute Gasteiger partial charge is 0.342 e. The fourth-order valence-electron chi connectivity index (χ4n) is 3.62. The summed E-state index contributed by atoms with van der Waals surface area (Å²) < 4.78 is 2.12. The van der Waals surface area contributed by atoms with E-state index in [2.05, 4.69) is 35.0 Å². The van der Waals surface area contributed by atoms with Crippen LogP contribution in [0.4, 0.5) is 5.69 Å². The van der Waals surface area contributed by atoms with Crippen molar-refractivity contribution < 1.29 is 4.79 Å². The second kappa shape index (κ2) is 9.32. The van der Waals surface area contributed by atoms with Gasteiger partial charge in [0.25, 0.3) is 5.91 Å². The molecule has 0 atom stereocenters. The molecular formula is C26H19Cl2N3O. The molecule has 1 heterocycles. The van der Waals surface area contributed by atoms with Gasteiger partial charge in [-0.3, -0.25) is 4.79 Å². The van der Waals surface area contributed by atoms with Crippen LogP contribution in [-0.2, 0) is 11.3 Å². The quantitative estimate of drug-likeness (QED) is 0.262. The number of hydrogen-bond acceptors (Lipinski definition) is 2. The van der Waals surface area contributed by atoms with Crippen LogP contribution in [0.3, 0.4) is 0 Å². The smallest absolute Gasteiger partial charge is 0.266 e. The SMILES string of the molecule is Cc1cccc(Cn2cc(/C=C(/C#N)C(=O)Nc3cccc(Cl)c3Cl)c3ccccc32)c1. The van der Waals surface area contributed by atoms with Gasteiger partial charge in [0.05, 0.1) is 15.7 Å².